The molecule has 14 nitrogen and oxygen atoms in total. The predicted molar refractivity (Wildman–Crippen MR) is 183 cm³/mol. The van der Waals surface area contributed by atoms with E-state index in [1.54, 1.807) is 25.6 Å². The van der Waals surface area contributed by atoms with Crippen molar-refractivity contribution in [3.63, 3.8) is 0 Å². The maximum absolute atomic E-state index is 12.5. The number of Topliss-reactive ketones (excluding diaryl/α,β-unsaturated/α-hetero) is 1. The van der Waals surface area contributed by atoms with Crippen molar-refractivity contribution in [3.05, 3.63) is 0 Å². The van der Waals surface area contributed by atoms with Crippen LogP contribution in [-0.4, -0.2) is 99.3 Å². The number of hydrogen-bond donors (Lipinski definition) is 5. The lowest BCUT2D eigenvalue weighted by atomic mass is 10.2. The highest BCUT2D eigenvalue weighted by atomic mass is 32.2. The minimum absolute atomic E-state index is 0. The number of imide groups is 1. The van der Waals surface area contributed by atoms with E-state index in [0.29, 0.717) is 30.9 Å². The minimum Gasteiger partial charge on any atom is -0.370 e. The zero-order valence-electron chi connectivity index (χ0n) is 26.6. The Labute approximate surface area is 280 Å². The molecule has 1 fully saturated rings. The van der Waals surface area contributed by atoms with Crippen molar-refractivity contribution >= 4 is 70.7 Å². The Morgan fingerprint density at radius 3 is 2.07 bits per heavy atom. The number of hydrogen-bond acceptors (Lipinski definition) is 10. The summed E-state index contributed by atoms with van der Waals surface area (Å²) >= 11 is 2.84. The van der Waals surface area contributed by atoms with E-state index in [-0.39, 0.29) is 62.4 Å². The Balaban J connectivity index is -0.00000135. The van der Waals surface area contributed by atoms with Gasteiger partial charge in [0.05, 0.1) is 11.1 Å². The van der Waals surface area contributed by atoms with Crippen molar-refractivity contribution in [2.75, 3.05) is 23.9 Å². The molecule has 0 aromatic rings. The van der Waals surface area contributed by atoms with Gasteiger partial charge in [0.2, 0.25) is 41.4 Å². The molecule has 0 aliphatic carbocycles. The molecule has 0 saturated carbocycles. The van der Waals surface area contributed by atoms with Crippen molar-refractivity contribution < 1.29 is 45.5 Å². The highest BCUT2D eigenvalue weighted by Crippen LogP contribution is 2.26. The maximum atomic E-state index is 12.5. The highest BCUT2D eigenvalue weighted by Gasteiger charge is 2.38. The summed E-state index contributed by atoms with van der Waals surface area (Å²) in [7, 11) is 0. The topological polar surface area (TPSA) is 214 Å². The number of amides is 7. The molecular formula is C29H58N6O8S2. The van der Waals surface area contributed by atoms with E-state index in [0.717, 1.165) is 29.9 Å². The number of rotatable bonds is 23. The Morgan fingerprint density at radius 1 is 0.822 bits per heavy atom. The number of ketones is 1. The van der Waals surface area contributed by atoms with Gasteiger partial charge in [-0.1, -0.05) is 6.42 Å². The molecule has 0 aromatic carbocycles. The molecule has 1 rings (SSSR count). The highest BCUT2D eigenvalue weighted by molar-refractivity contribution is 8.00. The number of carbonyl (C=O) groups is 8. The fraction of sp³-hybridized carbons (Fsp3) is 0.724. The molecule has 1 saturated heterocycles. The zero-order valence-corrected chi connectivity index (χ0v) is 28.2. The summed E-state index contributed by atoms with van der Waals surface area (Å²) in [6.45, 7) is 6.23. The zero-order chi connectivity index (χ0) is 33.9. The summed E-state index contributed by atoms with van der Waals surface area (Å²) < 4.78 is 0. The number of primary amides is 1. The van der Waals surface area contributed by atoms with E-state index in [2.05, 4.69) is 21.3 Å². The van der Waals surface area contributed by atoms with E-state index >= 15 is 0 Å². The molecule has 264 valence electrons. The molecular weight excluding hydrogens is 624 g/mol. The average Bonchev–Trinajstić information content (AvgIpc) is 3.23. The lowest BCUT2D eigenvalue weighted by Crippen LogP contribution is -2.54. The van der Waals surface area contributed by atoms with E-state index in [9.17, 15) is 38.4 Å². The van der Waals surface area contributed by atoms with Crippen LogP contribution in [0.1, 0.15) is 92.6 Å². The molecule has 1 aliphatic heterocycles. The first-order chi connectivity index (χ1) is 21.2. The van der Waals surface area contributed by atoms with Crippen molar-refractivity contribution in [1.82, 2.24) is 26.2 Å². The molecule has 4 atom stereocenters. The monoisotopic (exact) mass is 682 g/mol. The number of nitrogens with one attached hydrogen (secondary N) is 4. The van der Waals surface area contributed by atoms with Crippen molar-refractivity contribution in [1.29, 1.82) is 0 Å². The molecule has 1 heterocycles. The molecule has 1 aliphatic rings. The number of nitrogens with two attached hydrogens (primary N) is 1. The van der Waals surface area contributed by atoms with Gasteiger partial charge < -0.3 is 31.8 Å². The normalized spacial score (nSPS) is 16.4. The molecule has 45 heavy (non-hydrogen) atoms. The summed E-state index contributed by atoms with van der Waals surface area (Å²) in [5.41, 5.74) is 5.10. The second-order valence-corrected chi connectivity index (χ2v) is 13.4. The predicted octanol–water partition coefficient (Wildman–Crippen LogP) is 1.59. The molecule has 16 heteroatoms. The third-order valence-corrected chi connectivity index (χ3v) is 9.04. The van der Waals surface area contributed by atoms with Gasteiger partial charge in [-0.05, 0) is 64.9 Å². The van der Waals surface area contributed by atoms with Gasteiger partial charge in [-0.15, -0.1) is 23.5 Å². The standard InChI is InChI=1S/C29H48N6O8S2.5H2/c1-18(36)10-6-5-7-14-44-17-31-26(40)19(2)33-28(42)21(4)34-27(41)20(3)32-24(38)12-9-15-45-22-16-25(39)35(29(22)43)13-8-11-23(30)37;;;;;/h19-22H,5-17H2,1-4H3,(H2,30,37)(H,31,40)(H,32,38)(H,33,42)(H,34,41);5*1H/t19-,20-,21+,22?;;;;;/m0...../s1. The van der Waals surface area contributed by atoms with Gasteiger partial charge >= 0.3 is 0 Å². The molecule has 1 unspecified atom stereocenters. The van der Waals surface area contributed by atoms with Crippen LogP contribution in [0.5, 0.6) is 0 Å². The SMILES string of the molecule is CC(=O)CCCCCSCNC(=O)[C@H](C)NC(=O)[C@@H](C)NC(=O)[C@H](C)NC(=O)CCCSC1CC(=O)N(CCCC(N)=O)C1=O.[HH].[HH].[HH].[HH].[HH]. The van der Waals surface area contributed by atoms with Crippen LogP contribution >= 0.6 is 23.5 Å². The van der Waals surface area contributed by atoms with Gasteiger partial charge in [0.25, 0.3) is 0 Å². The number of nitrogens with zero attached hydrogens (tertiary/aromatic N) is 1. The van der Waals surface area contributed by atoms with Gasteiger partial charge in [-0.25, -0.2) is 0 Å². The van der Waals surface area contributed by atoms with Crippen LogP contribution in [0.15, 0.2) is 0 Å². The van der Waals surface area contributed by atoms with Gasteiger partial charge in [0, 0.05) is 39.4 Å². The lowest BCUT2D eigenvalue weighted by molar-refractivity contribution is -0.138. The van der Waals surface area contributed by atoms with Gasteiger partial charge in [0.1, 0.15) is 23.9 Å². The second kappa shape index (κ2) is 21.6. The van der Waals surface area contributed by atoms with E-state index < -0.39 is 41.1 Å². The second-order valence-electron chi connectivity index (χ2n) is 11.0. The quantitative estimate of drug-likeness (QED) is 0.0596. The largest absolute Gasteiger partial charge is 0.370 e. The summed E-state index contributed by atoms with van der Waals surface area (Å²) in [5, 5.41) is 9.87. The Hall–Kier alpha value is -3.14. The summed E-state index contributed by atoms with van der Waals surface area (Å²) in [6.07, 6.45) is 4.36. The fourth-order valence-electron chi connectivity index (χ4n) is 4.18. The summed E-state index contributed by atoms with van der Waals surface area (Å²) in [5.74, 6) is -1.06. The Kier molecular flexibility index (Phi) is 19.1. The Bertz CT molecular complexity index is 1100. The van der Waals surface area contributed by atoms with Crippen LogP contribution in [0.25, 0.3) is 0 Å². The van der Waals surface area contributed by atoms with E-state index in [4.69, 9.17) is 5.73 Å². The van der Waals surface area contributed by atoms with Crippen LogP contribution in [0, 0.1) is 0 Å². The number of likely N-dealkylation sites (tertiary alicyclic amines) is 1. The van der Waals surface area contributed by atoms with E-state index in [1.807, 2.05) is 0 Å². The minimum atomic E-state index is -0.949. The average molecular weight is 683 g/mol. The summed E-state index contributed by atoms with van der Waals surface area (Å²) in [6, 6.07) is -2.68. The van der Waals surface area contributed by atoms with E-state index in [1.165, 1.54) is 25.6 Å². The van der Waals surface area contributed by atoms with Crippen LogP contribution in [0.2, 0.25) is 0 Å². The molecule has 0 radical (unpaired) electrons. The number of carbonyl (C=O) groups excluding carboxylic acids is 8. The maximum Gasteiger partial charge on any atom is 0.242 e. The number of unbranched alkanes of at least 4 members (excludes halogenated alkanes) is 2. The van der Waals surface area contributed by atoms with Gasteiger partial charge in [-0.2, -0.15) is 0 Å². The first-order valence-electron chi connectivity index (χ1n) is 15.2. The lowest BCUT2D eigenvalue weighted by Gasteiger charge is -2.20. The first kappa shape index (κ1) is 39.9. The van der Waals surface area contributed by atoms with Gasteiger partial charge in [0.15, 0.2) is 0 Å². The molecule has 0 spiro atoms. The fourth-order valence-corrected chi connectivity index (χ4v) is 6.10. The van der Waals surface area contributed by atoms with Crippen molar-refractivity contribution in [3.8, 4) is 0 Å². The molecule has 7 amide bonds. The van der Waals surface area contributed by atoms with Gasteiger partial charge in [-0.3, -0.25) is 38.5 Å². The third kappa shape index (κ3) is 16.7. The number of thioether (sulfide) groups is 2. The first-order valence-corrected chi connectivity index (χ1v) is 17.4. The van der Waals surface area contributed by atoms with Crippen LogP contribution in [0.3, 0.4) is 0 Å². The molecule has 0 aromatic heterocycles. The summed E-state index contributed by atoms with van der Waals surface area (Å²) in [4.78, 5) is 97.2. The van der Waals surface area contributed by atoms with Crippen molar-refractivity contribution in [2.45, 2.75) is 109 Å². The third-order valence-electron chi connectivity index (χ3n) is 6.82. The van der Waals surface area contributed by atoms with Crippen LogP contribution < -0.4 is 27.0 Å². The molecule has 6 N–H and O–H groups in total. The molecule has 0 bridgehead atoms. The van der Waals surface area contributed by atoms with Crippen LogP contribution in [-0.2, 0) is 38.4 Å². The Morgan fingerprint density at radius 2 is 1.44 bits per heavy atom. The van der Waals surface area contributed by atoms with Crippen LogP contribution in [0.4, 0.5) is 0 Å². The smallest absolute Gasteiger partial charge is 0.242 e. The van der Waals surface area contributed by atoms with Crippen molar-refractivity contribution in [2.24, 2.45) is 5.73 Å².